The van der Waals surface area contributed by atoms with Crippen LogP contribution in [0.1, 0.15) is 9.67 Å². The number of carbonyl (C=O) groups is 1. The Morgan fingerprint density at radius 2 is 2.11 bits per heavy atom. The topological polar surface area (TPSA) is 94.2 Å². The van der Waals surface area contributed by atoms with E-state index in [1.807, 2.05) is 0 Å². The molecule has 28 heavy (non-hydrogen) atoms. The molecule has 142 valence electrons. The average molecular weight is 417 g/mol. The summed E-state index contributed by atoms with van der Waals surface area (Å²) < 4.78 is 16.3. The van der Waals surface area contributed by atoms with E-state index in [0.29, 0.717) is 16.4 Å². The Kier molecular flexibility index (Phi) is 4.84. The number of benzene rings is 1. The first-order chi connectivity index (χ1) is 13.5. The summed E-state index contributed by atoms with van der Waals surface area (Å²) in [7, 11) is 0. The molecule has 0 fully saturated rings. The number of para-hydroxylation sites is 1. The SMILES string of the molecule is O=C(c1ccc([N+](=O)[O-])s1)N(CCn1cccn1)c1nc2c(F)cccc2s1. The van der Waals surface area contributed by atoms with E-state index in [-0.39, 0.29) is 21.9 Å². The lowest BCUT2D eigenvalue weighted by atomic mass is 10.3. The van der Waals surface area contributed by atoms with E-state index >= 15 is 0 Å². The van der Waals surface area contributed by atoms with Gasteiger partial charge in [0.05, 0.1) is 21.0 Å². The Hall–Kier alpha value is -3.18. The van der Waals surface area contributed by atoms with Crippen LogP contribution in [-0.4, -0.2) is 32.1 Å². The molecule has 0 aliphatic heterocycles. The van der Waals surface area contributed by atoms with Gasteiger partial charge >= 0.3 is 5.00 Å². The van der Waals surface area contributed by atoms with Crippen LogP contribution in [0.3, 0.4) is 0 Å². The molecular formula is C17H12FN5O3S2. The van der Waals surface area contributed by atoms with Gasteiger partial charge in [-0.2, -0.15) is 5.10 Å². The van der Waals surface area contributed by atoms with Crippen molar-refractivity contribution in [3.8, 4) is 0 Å². The lowest BCUT2D eigenvalue weighted by Gasteiger charge is -2.19. The second kappa shape index (κ2) is 7.44. The number of aromatic nitrogens is 3. The smallest absolute Gasteiger partial charge is 0.281 e. The molecule has 0 aliphatic rings. The van der Waals surface area contributed by atoms with Crippen LogP contribution in [0, 0.1) is 15.9 Å². The molecule has 0 bridgehead atoms. The number of thiophene rings is 1. The highest BCUT2D eigenvalue weighted by molar-refractivity contribution is 7.22. The number of hydrogen-bond donors (Lipinski definition) is 0. The average Bonchev–Trinajstić information content (AvgIpc) is 3.42. The maximum atomic E-state index is 14.0. The molecule has 0 unspecified atom stereocenters. The number of amides is 1. The standard InChI is InChI=1S/C17H12FN5O3S2/c18-11-3-1-4-12-15(11)20-17(28-12)22(10-9-21-8-2-7-19-21)16(24)13-5-6-14(27-13)23(25)26/h1-8H,9-10H2. The van der Waals surface area contributed by atoms with Gasteiger partial charge in [-0.15, -0.1) is 0 Å². The molecule has 0 saturated carbocycles. The van der Waals surface area contributed by atoms with Crippen molar-refractivity contribution in [1.29, 1.82) is 0 Å². The molecule has 1 amide bonds. The molecule has 4 rings (SSSR count). The zero-order chi connectivity index (χ0) is 19.7. The van der Waals surface area contributed by atoms with E-state index in [1.165, 1.54) is 34.4 Å². The maximum absolute atomic E-state index is 14.0. The van der Waals surface area contributed by atoms with Gasteiger partial charge in [-0.1, -0.05) is 28.7 Å². The molecule has 0 N–H and O–H groups in total. The van der Waals surface area contributed by atoms with Crippen molar-refractivity contribution in [2.24, 2.45) is 0 Å². The summed E-state index contributed by atoms with van der Waals surface area (Å²) >= 11 is 1.98. The Morgan fingerprint density at radius 1 is 1.25 bits per heavy atom. The van der Waals surface area contributed by atoms with E-state index in [2.05, 4.69) is 10.1 Å². The van der Waals surface area contributed by atoms with Gasteiger partial charge < -0.3 is 0 Å². The first-order valence-corrected chi connectivity index (χ1v) is 9.75. The zero-order valence-corrected chi connectivity index (χ0v) is 15.8. The van der Waals surface area contributed by atoms with Crippen molar-refractivity contribution in [2.75, 3.05) is 11.4 Å². The predicted molar refractivity (Wildman–Crippen MR) is 104 cm³/mol. The second-order valence-corrected chi connectivity index (χ2v) is 7.78. The highest BCUT2D eigenvalue weighted by Gasteiger charge is 2.25. The highest BCUT2D eigenvalue weighted by Crippen LogP contribution is 2.32. The Labute approximate surface area is 165 Å². The molecule has 0 aliphatic carbocycles. The zero-order valence-electron chi connectivity index (χ0n) is 14.2. The first kappa shape index (κ1) is 18.2. The second-order valence-electron chi connectivity index (χ2n) is 5.70. The number of fused-ring (bicyclic) bond motifs is 1. The fraction of sp³-hybridized carbons (Fsp3) is 0.118. The van der Waals surface area contributed by atoms with Gasteiger partial charge in [-0.3, -0.25) is 24.5 Å². The number of nitrogens with zero attached hydrogens (tertiary/aromatic N) is 5. The minimum absolute atomic E-state index is 0.120. The summed E-state index contributed by atoms with van der Waals surface area (Å²) in [6, 6.07) is 9.09. The largest absolute Gasteiger partial charge is 0.324 e. The molecule has 0 radical (unpaired) electrons. The Balaban J connectivity index is 1.70. The normalized spacial score (nSPS) is 11.0. The van der Waals surface area contributed by atoms with Gasteiger partial charge in [0.15, 0.2) is 5.13 Å². The van der Waals surface area contributed by atoms with Crippen LogP contribution in [0.25, 0.3) is 10.2 Å². The van der Waals surface area contributed by atoms with Crippen molar-refractivity contribution in [2.45, 2.75) is 6.54 Å². The van der Waals surface area contributed by atoms with Crippen LogP contribution in [0.15, 0.2) is 48.8 Å². The van der Waals surface area contributed by atoms with Gasteiger partial charge in [0.2, 0.25) is 0 Å². The number of rotatable bonds is 6. The van der Waals surface area contributed by atoms with Crippen molar-refractivity contribution >= 4 is 48.9 Å². The fourth-order valence-corrected chi connectivity index (χ4v) is 4.39. The number of nitro groups is 1. The molecular weight excluding hydrogens is 405 g/mol. The summed E-state index contributed by atoms with van der Waals surface area (Å²) in [5.41, 5.74) is 0.191. The number of halogens is 1. The predicted octanol–water partition coefficient (Wildman–Crippen LogP) is 3.95. The van der Waals surface area contributed by atoms with Gasteiger partial charge in [-0.25, -0.2) is 9.37 Å². The number of hydrogen-bond acceptors (Lipinski definition) is 7. The molecule has 3 heterocycles. The summed E-state index contributed by atoms with van der Waals surface area (Å²) in [5.74, 6) is -0.893. The van der Waals surface area contributed by atoms with Crippen LogP contribution in [0.4, 0.5) is 14.5 Å². The summed E-state index contributed by atoms with van der Waals surface area (Å²) in [6.07, 6.45) is 3.39. The van der Waals surface area contributed by atoms with Gasteiger partial charge in [0, 0.05) is 25.0 Å². The van der Waals surface area contributed by atoms with Crippen LogP contribution >= 0.6 is 22.7 Å². The van der Waals surface area contributed by atoms with Crippen molar-refractivity contribution in [3.63, 3.8) is 0 Å². The number of anilines is 1. The van der Waals surface area contributed by atoms with Gasteiger partial charge in [-0.05, 0) is 24.3 Å². The molecule has 0 spiro atoms. The van der Waals surface area contributed by atoms with E-state index in [1.54, 1.807) is 35.3 Å². The molecule has 0 saturated heterocycles. The van der Waals surface area contributed by atoms with Crippen molar-refractivity contribution in [1.82, 2.24) is 14.8 Å². The molecule has 1 aromatic carbocycles. The Bertz CT molecular complexity index is 1150. The van der Waals surface area contributed by atoms with E-state index < -0.39 is 16.6 Å². The third-order valence-corrected chi connectivity index (χ3v) is 6.00. The van der Waals surface area contributed by atoms with Crippen LogP contribution in [-0.2, 0) is 6.54 Å². The third-order valence-electron chi connectivity index (χ3n) is 3.93. The van der Waals surface area contributed by atoms with Crippen LogP contribution in [0.2, 0.25) is 0 Å². The maximum Gasteiger partial charge on any atom is 0.324 e. The lowest BCUT2D eigenvalue weighted by Crippen LogP contribution is -2.33. The summed E-state index contributed by atoms with van der Waals surface area (Å²) in [6.45, 7) is 0.623. The molecule has 11 heteroatoms. The molecule has 3 aromatic heterocycles. The van der Waals surface area contributed by atoms with Crippen molar-refractivity contribution < 1.29 is 14.1 Å². The minimum atomic E-state index is -0.539. The van der Waals surface area contributed by atoms with E-state index in [4.69, 9.17) is 0 Å². The molecule has 0 atom stereocenters. The summed E-state index contributed by atoms with van der Waals surface area (Å²) in [5, 5.41) is 15.3. The van der Waals surface area contributed by atoms with E-state index in [0.717, 1.165) is 11.3 Å². The van der Waals surface area contributed by atoms with Crippen molar-refractivity contribution in [3.05, 3.63) is 69.6 Å². The first-order valence-electron chi connectivity index (χ1n) is 8.11. The van der Waals surface area contributed by atoms with Gasteiger partial charge in [0.25, 0.3) is 5.91 Å². The fourth-order valence-electron chi connectivity index (χ4n) is 2.61. The molecule has 4 aromatic rings. The quantitative estimate of drug-likeness (QED) is 0.350. The highest BCUT2D eigenvalue weighted by atomic mass is 32.1. The van der Waals surface area contributed by atoms with Crippen LogP contribution in [0.5, 0.6) is 0 Å². The summed E-state index contributed by atoms with van der Waals surface area (Å²) in [4.78, 5) is 29.4. The lowest BCUT2D eigenvalue weighted by molar-refractivity contribution is -0.380. The minimum Gasteiger partial charge on any atom is -0.281 e. The third kappa shape index (κ3) is 3.49. The monoisotopic (exact) mass is 417 g/mol. The molecule has 8 nitrogen and oxygen atoms in total. The Morgan fingerprint density at radius 3 is 2.79 bits per heavy atom. The van der Waals surface area contributed by atoms with Crippen LogP contribution < -0.4 is 4.90 Å². The number of thiazole rings is 1. The van der Waals surface area contributed by atoms with E-state index in [9.17, 15) is 19.3 Å². The number of carbonyl (C=O) groups excluding carboxylic acids is 1. The van der Waals surface area contributed by atoms with Gasteiger partial charge in [0.1, 0.15) is 11.3 Å².